The van der Waals surface area contributed by atoms with Gasteiger partial charge in [0.15, 0.2) is 0 Å². The molecule has 0 aromatic carbocycles. The zero-order valence-electron chi connectivity index (χ0n) is 7.73. The first-order valence-corrected chi connectivity index (χ1v) is 4.85. The third-order valence-corrected chi connectivity index (χ3v) is 2.31. The van der Waals surface area contributed by atoms with E-state index in [0.29, 0.717) is 12.2 Å². The summed E-state index contributed by atoms with van der Waals surface area (Å²) in [5.41, 5.74) is 0. The van der Waals surface area contributed by atoms with E-state index in [9.17, 15) is 4.79 Å². The molecule has 0 aromatic heterocycles. The summed E-state index contributed by atoms with van der Waals surface area (Å²) < 4.78 is 0. The Balaban J connectivity index is 2.54. The van der Waals surface area contributed by atoms with Crippen LogP contribution in [0, 0.1) is 17.8 Å². The van der Waals surface area contributed by atoms with Crippen molar-refractivity contribution in [2.75, 3.05) is 0 Å². The molecule has 1 nitrogen and oxygen atoms in total. The summed E-state index contributed by atoms with van der Waals surface area (Å²) >= 11 is 0. The maximum atomic E-state index is 11.3. The van der Waals surface area contributed by atoms with Gasteiger partial charge >= 0.3 is 0 Å². The van der Waals surface area contributed by atoms with Gasteiger partial charge in [0, 0.05) is 12.8 Å². The Morgan fingerprint density at radius 3 is 3.00 bits per heavy atom. The molecule has 0 aromatic rings. The Kier molecular flexibility index (Phi) is 3.87. The van der Waals surface area contributed by atoms with Crippen LogP contribution >= 0.6 is 0 Å². The molecule has 1 unspecified atom stereocenters. The highest BCUT2D eigenvalue weighted by Gasteiger charge is 2.13. The quantitative estimate of drug-likeness (QED) is 0.573. The van der Waals surface area contributed by atoms with Crippen LogP contribution in [0.5, 0.6) is 0 Å². The Bertz CT molecular complexity index is 207. The third-order valence-electron chi connectivity index (χ3n) is 2.31. The van der Waals surface area contributed by atoms with E-state index in [1.807, 2.05) is 6.92 Å². The van der Waals surface area contributed by atoms with Crippen LogP contribution in [0.4, 0.5) is 0 Å². The van der Waals surface area contributed by atoms with Gasteiger partial charge in [-0.05, 0) is 12.8 Å². The van der Waals surface area contributed by atoms with Crippen molar-refractivity contribution in [3.05, 3.63) is 0 Å². The molecule has 0 radical (unpaired) electrons. The molecule has 12 heavy (non-hydrogen) atoms. The van der Waals surface area contributed by atoms with E-state index in [1.54, 1.807) is 0 Å². The fourth-order valence-electron chi connectivity index (χ4n) is 1.49. The van der Waals surface area contributed by atoms with Crippen LogP contribution in [-0.4, -0.2) is 5.78 Å². The molecule has 0 saturated heterocycles. The Hall–Kier alpha value is -0.770. The van der Waals surface area contributed by atoms with Gasteiger partial charge in [0.2, 0.25) is 0 Å². The predicted octanol–water partition coefficient (Wildman–Crippen LogP) is 2.55. The molecule has 0 saturated carbocycles. The fourth-order valence-corrected chi connectivity index (χ4v) is 1.49. The highest BCUT2D eigenvalue weighted by Crippen LogP contribution is 2.15. The number of hydrogen-bond donors (Lipinski definition) is 0. The third kappa shape index (κ3) is 2.70. The average Bonchev–Trinajstić information content (AvgIpc) is 2.02. The first kappa shape index (κ1) is 9.32. The van der Waals surface area contributed by atoms with Crippen molar-refractivity contribution in [1.29, 1.82) is 0 Å². The minimum atomic E-state index is 0.0512. The molecule has 0 bridgehead atoms. The molecule has 1 heteroatoms. The van der Waals surface area contributed by atoms with Crippen LogP contribution in [0.2, 0.25) is 0 Å². The van der Waals surface area contributed by atoms with Gasteiger partial charge in [0.1, 0.15) is 5.78 Å². The van der Waals surface area contributed by atoms with Crippen LogP contribution in [0.3, 0.4) is 0 Å². The van der Waals surface area contributed by atoms with Crippen LogP contribution in [0.25, 0.3) is 0 Å². The number of carbonyl (C=O) groups is 1. The van der Waals surface area contributed by atoms with Gasteiger partial charge in [-0.25, -0.2) is 0 Å². The summed E-state index contributed by atoms with van der Waals surface area (Å²) in [4.78, 5) is 11.3. The lowest BCUT2D eigenvalue weighted by Crippen LogP contribution is -2.12. The molecule has 1 rings (SSSR count). The smallest absolute Gasteiger partial charge is 0.147 e. The largest absolute Gasteiger partial charge is 0.298 e. The number of Topliss-reactive ketones (excluding diaryl/α,β-unsaturated/α-hetero) is 1. The first-order chi connectivity index (χ1) is 5.84. The van der Waals surface area contributed by atoms with E-state index in [-0.39, 0.29) is 5.92 Å². The van der Waals surface area contributed by atoms with Gasteiger partial charge < -0.3 is 0 Å². The maximum absolute atomic E-state index is 11.3. The van der Waals surface area contributed by atoms with Crippen LogP contribution in [-0.2, 0) is 4.79 Å². The molecule has 0 fully saturated rings. The number of rotatable bonds is 2. The van der Waals surface area contributed by atoms with Gasteiger partial charge in [-0.3, -0.25) is 4.79 Å². The minimum absolute atomic E-state index is 0.0512. The lowest BCUT2D eigenvalue weighted by molar-refractivity contribution is -0.121. The molecule has 0 aliphatic heterocycles. The zero-order valence-corrected chi connectivity index (χ0v) is 7.73. The second-order valence-corrected chi connectivity index (χ2v) is 3.29. The number of hydrogen-bond acceptors (Lipinski definition) is 1. The van der Waals surface area contributed by atoms with Crippen molar-refractivity contribution in [2.24, 2.45) is 5.92 Å². The van der Waals surface area contributed by atoms with Crippen molar-refractivity contribution in [1.82, 2.24) is 0 Å². The molecule has 1 atom stereocenters. The summed E-state index contributed by atoms with van der Waals surface area (Å²) in [6.07, 6.45) is 6.22. The van der Waals surface area contributed by atoms with Gasteiger partial charge in [-0.1, -0.05) is 25.7 Å². The molecular weight excluding hydrogens is 148 g/mol. The van der Waals surface area contributed by atoms with E-state index in [4.69, 9.17) is 0 Å². The van der Waals surface area contributed by atoms with Crippen molar-refractivity contribution in [3.8, 4) is 11.8 Å². The fraction of sp³-hybridized carbons (Fsp3) is 0.727. The summed E-state index contributed by atoms with van der Waals surface area (Å²) in [7, 11) is 0. The van der Waals surface area contributed by atoms with Gasteiger partial charge in [-0.15, -0.1) is 5.92 Å². The number of ketones is 1. The van der Waals surface area contributed by atoms with Crippen LogP contribution in [0.1, 0.15) is 45.4 Å². The SMILES string of the molecule is CCC(=O)C1C#CCCCCC1. The van der Waals surface area contributed by atoms with E-state index < -0.39 is 0 Å². The minimum Gasteiger partial charge on any atom is -0.298 e. The summed E-state index contributed by atoms with van der Waals surface area (Å²) in [5, 5.41) is 0. The van der Waals surface area contributed by atoms with E-state index >= 15 is 0 Å². The summed E-state index contributed by atoms with van der Waals surface area (Å²) in [6, 6.07) is 0. The topological polar surface area (TPSA) is 17.1 Å². The van der Waals surface area contributed by atoms with Crippen molar-refractivity contribution < 1.29 is 4.79 Å². The Morgan fingerprint density at radius 2 is 2.25 bits per heavy atom. The van der Waals surface area contributed by atoms with Gasteiger partial charge in [-0.2, -0.15) is 0 Å². The maximum Gasteiger partial charge on any atom is 0.147 e. The summed E-state index contributed by atoms with van der Waals surface area (Å²) in [5.74, 6) is 6.53. The van der Waals surface area contributed by atoms with E-state index in [2.05, 4.69) is 11.8 Å². The molecule has 1 aliphatic carbocycles. The predicted molar refractivity (Wildman–Crippen MR) is 49.6 cm³/mol. The second-order valence-electron chi connectivity index (χ2n) is 3.29. The van der Waals surface area contributed by atoms with Crippen LogP contribution in [0.15, 0.2) is 0 Å². The van der Waals surface area contributed by atoms with E-state index in [1.165, 1.54) is 19.3 Å². The normalized spacial score (nSPS) is 23.2. The van der Waals surface area contributed by atoms with E-state index in [0.717, 1.165) is 12.8 Å². The van der Waals surface area contributed by atoms with Crippen LogP contribution < -0.4 is 0 Å². The second kappa shape index (κ2) is 4.98. The summed E-state index contributed by atoms with van der Waals surface area (Å²) in [6.45, 7) is 1.92. The molecule has 0 amide bonds. The zero-order chi connectivity index (χ0) is 8.81. The highest BCUT2D eigenvalue weighted by molar-refractivity contribution is 5.83. The Labute approximate surface area is 74.5 Å². The lowest BCUT2D eigenvalue weighted by atomic mass is 9.93. The van der Waals surface area contributed by atoms with Gasteiger partial charge in [0.25, 0.3) is 0 Å². The molecule has 66 valence electrons. The molecular formula is C11H16O. The highest BCUT2D eigenvalue weighted by atomic mass is 16.1. The molecule has 1 aliphatic rings. The number of carbonyl (C=O) groups excluding carboxylic acids is 1. The standard InChI is InChI=1S/C11H16O/c1-2-11(12)10-8-6-4-3-5-7-9-10/h10H,2-6,8H2,1H3. The lowest BCUT2D eigenvalue weighted by Gasteiger charge is -2.09. The molecule has 0 N–H and O–H groups in total. The van der Waals surface area contributed by atoms with Crippen molar-refractivity contribution >= 4 is 5.78 Å². The monoisotopic (exact) mass is 164 g/mol. The molecule has 0 spiro atoms. The Morgan fingerprint density at radius 1 is 1.42 bits per heavy atom. The average molecular weight is 164 g/mol. The first-order valence-electron chi connectivity index (χ1n) is 4.85. The van der Waals surface area contributed by atoms with Crippen molar-refractivity contribution in [3.63, 3.8) is 0 Å². The molecule has 0 heterocycles. The van der Waals surface area contributed by atoms with Crippen molar-refractivity contribution in [2.45, 2.75) is 45.4 Å². The van der Waals surface area contributed by atoms with Gasteiger partial charge in [0.05, 0.1) is 5.92 Å².